The van der Waals surface area contributed by atoms with E-state index in [-0.39, 0.29) is 5.41 Å². The zero-order chi connectivity index (χ0) is 14.3. The summed E-state index contributed by atoms with van der Waals surface area (Å²) in [5.74, 6) is 0.911. The maximum absolute atomic E-state index is 5.91. The lowest BCUT2D eigenvalue weighted by molar-refractivity contribution is 0.646. The molecular weight excluding hydrogens is 314 g/mol. The van der Waals surface area contributed by atoms with Crippen molar-refractivity contribution >= 4 is 15.9 Å². The highest BCUT2D eigenvalue weighted by atomic mass is 79.9. The Hall–Kier alpha value is -1.26. The normalized spacial score (nSPS) is 16.2. The molecule has 0 atom stereocenters. The Bertz CT molecular complexity index is 663. The Kier molecular flexibility index (Phi) is 3.38. The lowest BCUT2D eigenvalue weighted by Gasteiger charge is -2.14. The molecule has 0 aliphatic heterocycles. The molecule has 0 bridgehead atoms. The van der Waals surface area contributed by atoms with Gasteiger partial charge in [0.25, 0.3) is 0 Å². The lowest BCUT2D eigenvalue weighted by atomic mass is 10.0. The average molecular weight is 332 g/mol. The number of nitrogens with zero attached hydrogens (tertiary/aromatic N) is 2. The smallest absolute Gasteiger partial charge is 0.136 e. The van der Waals surface area contributed by atoms with Crippen LogP contribution < -0.4 is 5.73 Å². The Morgan fingerprint density at radius 1 is 1.20 bits per heavy atom. The second-order valence-electron chi connectivity index (χ2n) is 5.66. The third-order valence-corrected chi connectivity index (χ3v) is 4.54. The molecule has 1 fully saturated rings. The number of benzene rings is 1. The molecule has 0 unspecified atom stereocenters. The highest BCUT2D eigenvalue weighted by molar-refractivity contribution is 9.10. The SMILES string of the molecule is Cc1cc(-c2cc(Br)ccc2C)nc(C2(CN)CC2)n1. The van der Waals surface area contributed by atoms with Gasteiger partial charge in [-0.2, -0.15) is 0 Å². The summed E-state index contributed by atoms with van der Waals surface area (Å²) in [6, 6.07) is 8.32. The quantitative estimate of drug-likeness (QED) is 0.936. The van der Waals surface area contributed by atoms with Crippen molar-refractivity contribution in [1.82, 2.24) is 9.97 Å². The van der Waals surface area contributed by atoms with Crippen molar-refractivity contribution < 1.29 is 0 Å². The standard InChI is InChI=1S/C16H18BrN3/c1-10-3-4-12(17)8-13(10)14-7-11(2)19-15(20-14)16(9-18)5-6-16/h3-4,7-8H,5-6,9,18H2,1-2H3. The number of rotatable bonds is 3. The first kappa shape index (κ1) is 13.7. The fourth-order valence-electron chi connectivity index (χ4n) is 2.48. The van der Waals surface area contributed by atoms with Gasteiger partial charge in [0.2, 0.25) is 0 Å². The first-order chi connectivity index (χ1) is 9.54. The molecule has 104 valence electrons. The first-order valence-electron chi connectivity index (χ1n) is 6.87. The van der Waals surface area contributed by atoms with E-state index in [0.29, 0.717) is 6.54 Å². The van der Waals surface area contributed by atoms with E-state index in [9.17, 15) is 0 Å². The van der Waals surface area contributed by atoms with Gasteiger partial charge in [0.15, 0.2) is 0 Å². The molecule has 0 saturated heterocycles. The van der Waals surface area contributed by atoms with E-state index in [1.54, 1.807) is 0 Å². The van der Waals surface area contributed by atoms with Crippen molar-refractivity contribution in [3.8, 4) is 11.3 Å². The molecule has 3 nitrogen and oxygen atoms in total. The van der Waals surface area contributed by atoms with E-state index in [0.717, 1.165) is 40.1 Å². The minimum atomic E-state index is 0.0285. The van der Waals surface area contributed by atoms with Gasteiger partial charge in [-0.1, -0.05) is 22.0 Å². The Balaban J connectivity index is 2.12. The molecule has 1 aromatic heterocycles. The van der Waals surface area contributed by atoms with E-state index in [4.69, 9.17) is 10.7 Å². The van der Waals surface area contributed by atoms with Gasteiger partial charge in [-0.25, -0.2) is 9.97 Å². The predicted octanol–water partition coefficient (Wildman–Crippen LogP) is 3.51. The number of aryl methyl sites for hydroxylation is 2. The van der Waals surface area contributed by atoms with Crippen LogP contribution >= 0.6 is 15.9 Å². The van der Waals surface area contributed by atoms with E-state index >= 15 is 0 Å². The third-order valence-electron chi connectivity index (χ3n) is 4.05. The van der Waals surface area contributed by atoms with Gasteiger partial charge in [0.05, 0.1) is 5.69 Å². The van der Waals surface area contributed by atoms with Gasteiger partial charge in [0.1, 0.15) is 5.82 Å². The van der Waals surface area contributed by atoms with Crippen LogP contribution in [0.15, 0.2) is 28.7 Å². The zero-order valence-corrected chi connectivity index (χ0v) is 13.4. The number of nitrogens with two attached hydrogens (primary N) is 1. The van der Waals surface area contributed by atoms with E-state index in [1.807, 2.05) is 13.0 Å². The predicted molar refractivity (Wildman–Crippen MR) is 84.6 cm³/mol. The number of hydrogen-bond donors (Lipinski definition) is 1. The summed E-state index contributed by atoms with van der Waals surface area (Å²) < 4.78 is 1.07. The van der Waals surface area contributed by atoms with Gasteiger partial charge in [0, 0.05) is 27.7 Å². The average Bonchev–Trinajstić information content (AvgIpc) is 3.22. The fraction of sp³-hybridized carbons (Fsp3) is 0.375. The topological polar surface area (TPSA) is 51.8 Å². The first-order valence-corrected chi connectivity index (χ1v) is 7.66. The van der Waals surface area contributed by atoms with Gasteiger partial charge < -0.3 is 5.73 Å². The summed E-state index contributed by atoms with van der Waals surface area (Å²) in [6.45, 7) is 4.76. The minimum absolute atomic E-state index is 0.0285. The Morgan fingerprint density at radius 2 is 1.95 bits per heavy atom. The number of aromatic nitrogens is 2. The van der Waals surface area contributed by atoms with E-state index in [1.165, 1.54) is 5.56 Å². The largest absolute Gasteiger partial charge is 0.329 e. The molecule has 1 saturated carbocycles. The summed E-state index contributed by atoms with van der Waals surface area (Å²) >= 11 is 3.53. The lowest BCUT2D eigenvalue weighted by Crippen LogP contribution is -2.23. The Labute approximate surface area is 127 Å². The molecule has 2 aromatic rings. The summed E-state index contributed by atoms with van der Waals surface area (Å²) in [7, 11) is 0. The second kappa shape index (κ2) is 4.93. The van der Waals surface area contributed by atoms with Gasteiger partial charge in [-0.15, -0.1) is 0 Å². The molecular formula is C16H18BrN3. The van der Waals surface area contributed by atoms with Crippen LogP contribution in [0.2, 0.25) is 0 Å². The van der Waals surface area contributed by atoms with Crippen molar-refractivity contribution in [2.24, 2.45) is 5.73 Å². The Morgan fingerprint density at radius 3 is 2.60 bits per heavy atom. The van der Waals surface area contributed by atoms with Crippen molar-refractivity contribution in [2.75, 3.05) is 6.54 Å². The third kappa shape index (κ3) is 2.38. The molecule has 0 amide bonds. The van der Waals surface area contributed by atoms with Crippen LogP contribution in [0, 0.1) is 13.8 Å². The van der Waals surface area contributed by atoms with Crippen molar-refractivity contribution in [3.63, 3.8) is 0 Å². The fourth-order valence-corrected chi connectivity index (χ4v) is 2.84. The molecule has 1 aliphatic rings. The number of hydrogen-bond acceptors (Lipinski definition) is 3. The molecule has 20 heavy (non-hydrogen) atoms. The van der Waals surface area contributed by atoms with Gasteiger partial charge >= 0.3 is 0 Å². The van der Waals surface area contributed by atoms with Crippen LogP contribution in [0.25, 0.3) is 11.3 Å². The molecule has 2 N–H and O–H groups in total. The molecule has 3 rings (SSSR count). The van der Waals surface area contributed by atoms with Crippen LogP contribution in [0.3, 0.4) is 0 Å². The van der Waals surface area contributed by atoms with Gasteiger partial charge in [-0.3, -0.25) is 0 Å². The van der Waals surface area contributed by atoms with Crippen LogP contribution in [-0.4, -0.2) is 16.5 Å². The van der Waals surface area contributed by atoms with Gasteiger partial charge in [-0.05, 0) is 50.5 Å². The number of halogens is 1. The monoisotopic (exact) mass is 331 g/mol. The molecule has 1 aliphatic carbocycles. The summed E-state index contributed by atoms with van der Waals surface area (Å²) in [4.78, 5) is 9.41. The molecule has 1 heterocycles. The van der Waals surface area contributed by atoms with Crippen molar-refractivity contribution in [2.45, 2.75) is 32.1 Å². The molecule has 4 heteroatoms. The van der Waals surface area contributed by atoms with Crippen LogP contribution in [-0.2, 0) is 5.41 Å². The van der Waals surface area contributed by atoms with Crippen LogP contribution in [0.4, 0.5) is 0 Å². The van der Waals surface area contributed by atoms with Crippen molar-refractivity contribution in [1.29, 1.82) is 0 Å². The highest BCUT2D eigenvalue weighted by Crippen LogP contribution is 2.46. The summed E-state index contributed by atoms with van der Waals surface area (Å²) in [5.41, 5.74) is 10.3. The highest BCUT2D eigenvalue weighted by Gasteiger charge is 2.46. The van der Waals surface area contributed by atoms with E-state index in [2.05, 4.69) is 46.0 Å². The molecule has 1 aromatic carbocycles. The summed E-state index contributed by atoms with van der Waals surface area (Å²) in [5, 5.41) is 0. The molecule has 0 spiro atoms. The van der Waals surface area contributed by atoms with E-state index < -0.39 is 0 Å². The second-order valence-corrected chi connectivity index (χ2v) is 6.58. The maximum atomic E-state index is 5.91. The van der Waals surface area contributed by atoms with Crippen molar-refractivity contribution in [3.05, 3.63) is 45.8 Å². The maximum Gasteiger partial charge on any atom is 0.136 e. The minimum Gasteiger partial charge on any atom is -0.329 e. The van der Waals surface area contributed by atoms with Crippen LogP contribution in [0.5, 0.6) is 0 Å². The van der Waals surface area contributed by atoms with Crippen LogP contribution in [0.1, 0.15) is 29.9 Å². The summed E-state index contributed by atoms with van der Waals surface area (Å²) in [6.07, 6.45) is 2.20. The zero-order valence-electron chi connectivity index (χ0n) is 11.8. The molecule has 0 radical (unpaired) electrons.